The normalized spacial score (nSPS) is 10.3. The molecule has 0 spiro atoms. The molecular weight excluding hydrogens is 320 g/mol. The lowest BCUT2D eigenvalue weighted by Crippen LogP contribution is -2.28. The summed E-state index contributed by atoms with van der Waals surface area (Å²) in [6.45, 7) is 0.617. The number of rotatable bonds is 6. The lowest BCUT2D eigenvalue weighted by molar-refractivity contribution is 0.0932. The van der Waals surface area contributed by atoms with E-state index in [9.17, 15) is 18.4 Å². The van der Waals surface area contributed by atoms with Crippen LogP contribution in [0.2, 0.25) is 0 Å². The second kappa shape index (κ2) is 8.11. The van der Waals surface area contributed by atoms with Crippen molar-refractivity contribution in [2.24, 2.45) is 0 Å². The zero-order chi connectivity index (χ0) is 17.5. The van der Waals surface area contributed by atoms with Crippen LogP contribution >= 0.6 is 0 Å². The molecule has 6 nitrogen and oxygen atoms in total. The lowest BCUT2D eigenvalue weighted by Gasteiger charge is -2.08. The Balaban J connectivity index is 2.13. The van der Waals surface area contributed by atoms with Crippen LogP contribution in [0.15, 0.2) is 36.5 Å². The molecule has 2 N–H and O–H groups in total. The van der Waals surface area contributed by atoms with E-state index in [1.54, 1.807) is 0 Å². The van der Waals surface area contributed by atoms with Crippen molar-refractivity contribution in [1.82, 2.24) is 10.3 Å². The summed E-state index contributed by atoms with van der Waals surface area (Å²) in [5.41, 5.74) is -0.497. The molecule has 8 heteroatoms. The first-order valence-electron chi connectivity index (χ1n) is 7.01. The van der Waals surface area contributed by atoms with Crippen LogP contribution in [0.25, 0.3) is 0 Å². The number of nitrogens with one attached hydrogen (secondary N) is 2. The highest BCUT2D eigenvalue weighted by Crippen LogP contribution is 2.19. The smallest absolute Gasteiger partial charge is 0.269 e. The van der Waals surface area contributed by atoms with Crippen molar-refractivity contribution >= 4 is 17.5 Å². The predicted molar refractivity (Wildman–Crippen MR) is 82.8 cm³/mol. The van der Waals surface area contributed by atoms with Crippen LogP contribution in [-0.2, 0) is 4.74 Å². The van der Waals surface area contributed by atoms with E-state index in [-0.39, 0.29) is 17.8 Å². The van der Waals surface area contributed by atoms with Crippen LogP contribution in [0, 0.1) is 11.6 Å². The monoisotopic (exact) mass is 335 g/mol. The Morgan fingerprint density at radius 2 is 1.88 bits per heavy atom. The maximum atomic E-state index is 13.6. The number of para-hydroxylation sites is 1. The summed E-state index contributed by atoms with van der Waals surface area (Å²) < 4.78 is 31.9. The third kappa shape index (κ3) is 4.32. The van der Waals surface area contributed by atoms with E-state index in [1.807, 2.05) is 0 Å². The summed E-state index contributed by atoms with van der Waals surface area (Å²) in [6, 6.07) is 5.81. The number of methoxy groups -OCH3 is 1. The fraction of sp³-hybridized carbons (Fsp3) is 0.188. The molecule has 0 fully saturated rings. The predicted octanol–water partition coefficient (Wildman–Crippen LogP) is 1.99. The van der Waals surface area contributed by atoms with E-state index in [0.717, 1.165) is 12.1 Å². The number of hydrogen-bond donors (Lipinski definition) is 2. The number of benzene rings is 1. The zero-order valence-corrected chi connectivity index (χ0v) is 12.8. The summed E-state index contributed by atoms with van der Waals surface area (Å²) in [7, 11) is 1.50. The highest BCUT2D eigenvalue weighted by atomic mass is 19.1. The molecule has 126 valence electrons. The molecule has 24 heavy (non-hydrogen) atoms. The molecule has 0 aliphatic heterocycles. The van der Waals surface area contributed by atoms with Crippen molar-refractivity contribution in [3.05, 3.63) is 59.4 Å². The average molecular weight is 335 g/mol. The third-order valence-corrected chi connectivity index (χ3v) is 3.05. The number of ether oxygens (including phenoxy) is 1. The Morgan fingerprint density at radius 1 is 1.17 bits per heavy atom. The van der Waals surface area contributed by atoms with Crippen molar-refractivity contribution in [1.29, 1.82) is 0 Å². The Morgan fingerprint density at radius 3 is 2.54 bits per heavy atom. The van der Waals surface area contributed by atoms with Gasteiger partial charge in [-0.25, -0.2) is 8.78 Å². The molecule has 0 radical (unpaired) electrons. The highest BCUT2D eigenvalue weighted by Gasteiger charge is 2.15. The van der Waals surface area contributed by atoms with Crippen molar-refractivity contribution in [2.75, 3.05) is 25.6 Å². The molecule has 2 rings (SSSR count). The largest absolute Gasteiger partial charge is 0.383 e. The van der Waals surface area contributed by atoms with E-state index in [0.29, 0.717) is 6.61 Å². The third-order valence-electron chi connectivity index (χ3n) is 3.05. The van der Waals surface area contributed by atoms with Gasteiger partial charge in [0.05, 0.1) is 6.61 Å². The molecular formula is C16H15F2N3O3. The van der Waals surface area contributed by atoms with Gasteiger partial charge in [0.15, 0.2) is 0 Å². The first-order chi connectivity index (χ1) is 11.5. The van der Waals surface area contributed by atoms with E-state index in [4.69, 9.17) is 4.74 Å². The van der Waals surface area contributed by atoms with Crippen LogP contribution in [0.3, 0.4) is 0 Å². The SMILES string of the molecule is COCCNC(=O)c1cc(C(=O)Nc2c(F)cccc2F)ccn1. The van der Waals surface area contributed by atoms with Crippen LogP contribution in [0.1, 0.15) is 20.8 Å². The van der Waals surface area contributed by atoms with Gasteiger partial charge in [-0.15, -0.1) is 0 Å². The van der Waals surface area contributed by atoms with E-state index >= 15 is 0 Å². The van der Waals surface area contributed by atoms with Gasteiger partial charge in [-0.05, 0) is 24.3 Å². The molecule has 2 aromatic rings. The van der Waals surface area contributed by atoms with Gasteiger partial charge in [0.1, 0.15) is 23.0 Å². The average Bonchev–Trinajstić information content (AvgIpc) is 2.58. The van der Waals surface area contributed by atoms with Gasteiger partial charge in [0.25, 0.3) is 11.8 Å². The van der Waals surface area contributed by atoms with Crippen molar-refractivity contribution in [3.63, 3.8) is 0 Å². The number of carbonyl (C=O) groups is 2. The first-order valence-corrected chi connectivity index (χ1v) is 7.01. The number of aromatic nitrogens is 1. The van der Waals surface area contributed by atoms with Crippen molar-refractivity contribution in [3.8, 4) is 0 Å². The summed E-state index contributed by atoms with van der Waals surface area (Å²) >= 11 is 0. The number of nitrogens with zero attached hydrogens (tertiary/aromatic N) is 1. The molecule has 0 aliphatic carbocycles. The lowest BCUT2D eigenvalue weighted by atomic mass is 10.2. The van der Waals surface area contributed by atoms with E-state index in [2.05, 4.69) is 15.6 Å². The first kappa shape index (κ1) is 17.5. The van der Waals surface area contributed by atoms with Crippen molar-refractivity contribution < 1.29 is 23.1 Å². The molecule has 1 aromatic heterocycles. The highest BCUT2D eigenvalue weighted by molar-refractivity contribution is 6.05. The number of pyridine rings is 1. The minimum atomic E-state index is -0.894. The van der Waals surface area contributed by atoms with Gasteiger partial charge in [0.2, 0.25) is 0 Å². The standard InChI is InChI=1S/C16H15F2N3O3/c1-24-8-7-20-16(23)13-9-10(5-6-19-13)15(22)21-14-11(17)3-2-4-12(14)18/h2-6,9H,7-8H2,1H3,(H,20,23)(H,21,22). The number of halogens is 2. The summed E-state index contributed by atoms with van der Waals surface area (Å²) in [6.07, 6.45) is 1.26. The molecule has 0 unspecified atom stereocenters. The molecule has 1 heterocycles. The fourth-order valence-corrected chi connectivity index (χ4v) is 1.86. The molecule has 0 saturated heterocycles. The van der Waals surface area contributed by atoms with Gasteiger partial charge < -0.3 is 15.4 Å². The maximum Gasteiger partial charge on any atom is 0.269 e. The van der Waals surface area contributed by atoms with Crippen LogP contribution in [0.4, 0.5) is 14.5 Å². The molecule has 0 aliphatic rings. The fourth-order valence-electron chi connectivity index (χ4n) is 1.86. The number of carbonyl (C=O) groups excluding carboxylic acids is 2. The Bertz CT molecular complexity index is 733. The quantitative estimate of drug-likeness (QED) is 0.791. The second-order valence-corrected chi connectivity index (χ2v) is 4.73. The molecule has 0 atom stereocenters. The van der Waals surface area contributed by atoms with Gasteiger partial charge in [-0.2, -0.15) is 0 Å². The van der Waals surface area contributed by atoms with E-state index < -0.39 is 29.1 Å². The van der Waals surface area contributed by atoms with Crippen LogP contribution < -0.4 is 10.6 Å². The zero-order valence-electron chi connectivity index (χ0n) is 12.8. The molecule has 0 bridgehead atoms. The number of amides is 2. The van der Waals surface area contributed by atoms with Crippen molar-refractivity contribution in [2.45, 2.75) is 0 Å². The maximum absolute atomic E-state index is 13.6. The minimum absolute atomic E-state index is 0.00718. The molecule has 2 amide bonds. The van der Waals surface area contributed by atoms with E-state index in [1.165, 1.54) is 31.5 Å². The minimum Gasteiger partial charge on any atom is -0.383 e. The Labute approximate surface area is 136 Å². The topological polar surface area (TPSA) is 80.3 Å². The Kier molecular flexibility index (Phi) is 5.91. The molecule has 0 saturated carbocycles. The Hall–Kier alpha value is -2.87. The number of hydrogen-bond acceptors (Lipinski definition) is 4. The van der Waals surface area contributed by atoms with Crippen LogP contribution in [-0.4, -0.2) is 37.1 Å². The van der Waals surface area contributed by atoms with Gasteiger partial charge in [-0.3, -0.25) is 14.6 Å². The van der Waals surface area contributed by atoms with Gasteiger partial charge in [0, 0.05) is 25.4 Å². The summed E-state index contributed by atoms with van der Waals surface area (Å²) in [4.78, 5) is 27.9. The molecule has 1 aromatic carbocycles. The van der Waals surface area contributed by atoms with Crippen LogP contribution in [0.5, 0.6) is 0 Å². The summed E-state index contributed by atoms with van der Waals surface area (Å²) in [5, 5.41) is 4.70. The number of anilines is 1. The second-order valence-electron chi connectivity index (χ2n) is 4.73. The van der Waals surface area contributed by atoms with Gasteiger partial charge in [-0.1, -0.05) is 6.07 Å². The summed E-state index contributed by atoms with van der Waals surface area (Å²) in [5.74, 6) is -3.03. The van der Waals surface area contributed by atoms with Gasteiger partial charge >= 0.3 is 0 Å².